The lowest BCUT2D eigenvalue weighted by molar-refractivity contribution is 0.00336. The number of ether oxygens (including phenoxy) is 1. The zero-order valence-electron chi connectivity index (χ0n) is 13.9. The summed E-state index contributed by atoms with van der Waals surface area (Å²) in [6.07, 6.45) is 4.71. The molecular weight excluding hydrogens is 290 g/mol. The highest BCUT2D eigenvalue weighted by Gasteiger charge is 2.36. The van der Waals surface area contributed by atoms with Crippen molar-refractivity contribution in [3.05, 3.63) is 47.8 Å². The molecule has 1 N–H and O–H groups in total. The minimum atomic E-state index is -0.773. The Hall–Kier alpha value is -1.85. The van der Waals surface area contributed by atoms with Gasteiger partial charge in [0.05, 0.1) is 6.20 Å². The molecule has 1 aliphatic rings. The van der Waals surface area contributed by atoms with Gasteiger partial charge in [0, 0.05) is 37.9 Å². The topological polar surface area (TPSA) is 50.5 Å². The van der Waals surface area contributed by atoms with Crippen LogP contribution in [0.15, 0.2) is 36.7 Å². The third-order valence-corrected chi connectivity index (χ3v) is 4.33. The van der Waals surface area contributed by atoms with Crippen LogP contribution in [0.25, 0.3) is 0 Å². The lowest BCUT2D eigenvalue weighted by atomic mass is 10.1. The number of benzene rings is 1. The molecule has 1 atom stereocenters. The second-order valence-corrected chi connectivity index (χ2v) is 6.49. The highest BCUT2D eigenvalue weighted by Crippen LogP contribution is 2.24. The molecule has 0 bridgehead atoms. The van der Waals surface area contributed by atoms with Gasteiger partial charge in [-0.1, -0.05) is 12.1 Å². The fraction of sp³-hybridized carbons (Fsp3) is 0.500. The summed E-state index contributed by atoms with van der Waals surface area (Å²) in [6.45, 7) is 7.67. The van der Waals surface area contributed by atoms with Crippen molar-refractivity contribution in [3.8, 4) is 5.75 Å². The summed E-state index contributed by atoms with van der Waals surface area (Å²) in [4.78, 5) is 2.26. The highest BCUT2D eigenvalue weighted by molar-refractivity contribution is 5.27. The summed E-state index contributed by atoms with van der Waals surface area (Å²) in [6, 6.07) is 7.94. The van der Waals surface area contributed by atoms with Crippen molar-refractivity contribution in [2.75, 3.05) is 19.7 Å². The molecule has 1 aromatic heterocycles. The molecule has 0 spiro atoms. The monoisotopic (exact) mass is 315 g/mol. The Morgan fingerprint density at radius 3 is 3.00 bits per heavy atom. The van der Waals surface area contributed by atoms with E-state index in [-0.39, 0.29) is 0 Å². The number of likely N-dealkylation sites (tertiary alicyclic amines) is 1. The molecule has 1 fully saturated rings. The van der Waals surface area contributed by atoms with Gasteiger partial charge in [0.15, 0.2) is 0 Å². The molecule has 1 saturated heterocycles. The number of aryl methyl sites for hydroxylation is 2. The van der Waals surface area contributed by atoms with E-state index in [9.17, 15) is 5.11 Å². The Kier molecular flexibility index (Phi) is 4.68. The van der Waals surface area contributed by atoms with Crippen LogP contribution in [-0.2, 0) is 13.1 Å². The predicted molar refractivity (Wildman–Crippen MR) is 89.4 cm³/mol. The second kappa shape index (κ2) is 6.72. The molecule has 2 heterocycles. The first-order chi connectivity index (χ1) is 11.1. The quantitative estimate of drug-likeness (QED) is 0.888. The Balaban J connectivity index is 1.53. The summed E-state index contributed by atoms with van der Waals surface area (Å²) < 4.78 is 7.73. The fourth-order valence-electron chi connectivity index (χ4n) is 3.04. The van der Waals surface area contributed by atoms with E-state index >= 15 is 0 Å². The number of β-amino-alcohol motifs (C(OH)–C–C–N with tert-alkyl or cyclic N) is 1. The van der Waals surface area contributed by atoms with Crippen LogP contribution in [0.5, 0.6) is 5.75 Å². The van der Waals surface area contributed by atoms with Crippen molar-refractivity contribution in [2.45, 2.75) is 39.0 Å². The summed E-state index contributed by atoms with van der Waals surface area (Å²) in [5.74, 6) is 0.820. The molecule has 0 amide bonds. The van der Waals surface area contributed by atoms with E-state index in [0.717, 1.165) is 37.4 Å². The summed E-state index contributed by atoms with van der Waals surface area (Å²) in [7, 11) is 0. The average molecular weight is 315 g/mol. The van der Waals surface area contributed by atoms with E-state index in [1.165, 1.54) is 5.56 Å². The van der Waals surface area contributed by atoms with Gasteiger partial charge in [0.2, 0.25) is 0 Å². The smallest absolute Gasteiger partial charge is 0.119 e. The predicted octanol–water partition coefficient (Wildman–Crippen LogP) is 2.23. The van der Waals surface area contributed by atoms with E-state index < -0.39 is 5.60 Å². The van der Waals surface area contributed by atoms with Crippen LogP contribution in [0.1, 0.15) is 24.5 Å². The van der Waals surface area contributed by atoms with Crippen LogP contribution in [0, 0.1) is 6.92 Å². The Morgan fingerprint density at radius 2 is 2.26 bits per heavy atom. The lowest BCUT2D eigenvalue weighted by Crippen LogP contribution is -2.39. The number of rotatable bonds is 6. The maximum absolute atomic E-state index is 10.7. The van der Waals surface area contributed by atoms with Gasteiger partial charge in [-0.3, -0.25) is 9.58 Å². The van der Waals surface area contributed by atoms with Crippen molar-refractivity contribution >= 4 is 0 Å². The van der Waals surface area contributed by atoms with Gasteiger partial charge in [-0.2, -0.15) is 5.10 Å². The summed E-state index contributed by atoms with van der Waals surface area (Å²) >= 11 is 0. The Labute approximate surface area is 137 Å². The molecule has 5 nitrogen and oxygen atoms in total. The molecule has 0 radical (unpaired) electrons. The van der Waals surface area contributed by atoms with Crippen molar-refractivity contribution in [1.29, 1.82) is 0 Å². The second-order valence-electron chi connectivity index (χ2n) is 6.49. The third kappa shape index (κ3) is 4.12. The first kappa shape index (κ1) is 16.0. The van der Waals surface area contributed by atoms with Gasteiger partial charge in [-0.05, 0) is 38.0 Å². The minimum absolute atomic E-state index is 0.334. The van der Waals surface area contributed by atoms with Gasteiger partial charge in [0.25, 0.3) is 0 Å². The molecule has 2 aromatic rings. The van der Waals surface area contributed by atoms with E-state index in [4.69, 9.17) is 4.74 Å². The average Bonchev–Trinajstić information content (AvgIpc) is 3.13. The number of nitrogens with zero attached hydrogens (tertiary/aromatic N) is 3. The summed E-state index contributed by atoms with van der Waals surface area (Å²) in [5.41, 5.74) is 1.58. The molecule has 3 rings (SSSR count). The minimum Gasteiger partial charge on any atom is -0.491 e. The molecule has 0 saturated carbocycles. The SMILES string of the molecule is CCn1cc(CN2CCC(O)(COc3cccc(C)c3)C2)cn1. The largest absolute Gasteiger partial charge is 0.491 e. The van der Waals surface area contributed by atoms with E-state index in [1.807, 2.05) is 42.1 Å². The molecule has 5 heteroatoms. The molecule has 1 aliphatic heterocycles. The first-order valence-electron chi connectivity index (χ1n) is 8.22. The molecule has 23 heavy (non-hydrogen) atoms. The van der Waals surface area contributed by atoms with Crippen molar-refractivity contribution in [1.82, 2.24) is 14.7 Å². The van der Waals surface area contributed by atoms with Crippen LogP contribution >= 0.6 is 0 Å². The number of hydrogen-bond acceptors (Lipinski definition) is 4. The standard InChI is InChI=1S/C18H25N3O2/c1-3-21-12-16(10-19-21)11-20-8-7-18(22,13-20)14-23-17-6-4-5-15(2)9-17/h4-6,9-10,12,22H,3,7-8,11,13-14H2,1-2H3. The van der Waals surface area contributed by atoms with Gasteiger partial charge in [0.1, 0.15) is 18.0 Å². The van der Waals surface area contributed by atoms with Crippen molar-refractivity contribution in [2.24, 2.45) is 0 Å². The van der Waals surface area contributed by atoms with E-state index in [2.05, 4.69) is 23.1 Å². The van der Waals surface area contributed by atoms with Gasteiger partial charge >= 0.3 is 0 Å². The molecule has 1 aromatic carbocycles. The van der Waals surface area contributed by atoms with Gasteiger partial charge < -0.3 is 9.84 Å². The van der Waals surface area contributed by atoms with E-state index in [1.54, 1.807) is 0 Å². The van der Waals surface area contributed by atoms with Crippen LogP contribution in [0.3, 0.4) is 0 Å². The van der Waals surface area contributed by atoms with Gasteiger partial charge in [-0.25, -0.2) is 0 Å². The molecule has 124 valence electrons. The normalized spacial score (nSPS) is 21.7. The zero-order valence-corrected chi connectivity index (χ0v) is 13.9. The van der Waals surface area contributed by atoms with Crippen LogP contribution < -0.4 is 4.74 Å². The van der Waals surface area contributed by atoms with E-state index in [0.29, 0.717) is 13.2 Å². The molecular formula is C18H25N3O2. The first-order valence-corrected chi connectivity index (χ1v) is 8.22. The maximum atomic E-state index is 10.7. The molecule has 1 unspecified atom stereocenters. The van der Waals surface area contributed by atoms with Crippen LogP contribution in [-0.4, -0.2) is 45.1 Å². The number of hydrogen-bond donors (Lipinski definition) is 1. The summed E-state index contributed by atoms with van der Waals surface area (Å²) in [5, 5.41) is 15.0. The number of aromatic nitrogens is 2. The number of aliphatic hydroxyl groups is 1. The molecule has 0 aliphatic carbocycles. The highest BCUT2D eigenvalue weighted by atomic mass is 16.5. The Morgan fingerprint density at radius 1 is 1.39 bits per heavy atom. The Bertz CT molecular complexity index is 655. The van der Waals surface area contributed by atoms with Crippen LogP contribution in [0.2, 0.25) is 0 Å². The van der Waals surface area contributed by atoms with Crippen LogP contribution in [0.4, 0.5) is 0 Å². The lowest BCUT2D eigenvalue weighted by Gasteiger charge is -2.23. The maximum Gasteiger partial charge on any atom is 0.119 e. The van der Waals surface area contributed by atoms with Crippen molar-refractivity contribution < 1.29 is 9.84 Å². The van der Waals surface area contributed by atoms with Gasteiger partial charge in [-0.15, -0.1) is 0 Å². The fourth-order valence-corrected chi connectivity index (χ4v) is 3.04. The third-order valence-electron chi connectivity index (χ3n) is 4.33. The van der Waals surface area contributed by atoms with Crippen molar-refractivity contribution in [3.63, 3.8) is 0 Å². The zero-order chi connectivity index (χ0) is 16.3.